The van der Waals surface area contributed by atoms with Crippen LogP contribution < -0.4 is 21.7 Å². The fourth-order valence-corrected chi connectivity index (χ4v) is 10.9. The van der Waals surface area contributed by atoms with Crippen LogP contribution >= 0.6 is 11.3 Å². The summed E-state index contributed by atoms with van der Waals surface area (Å²) in [5.41, 5.74) is 14.8. The van der Waals surface area contributed by atoms with Gasteiger partial charge in [-0.2, -0.15) is 0 Å². The molecule has 11 heterocycles. The van der Waals surface area contributed by atoms with Gasteiger partial charge in [0.2, 0.25) is 11.8 Å². The molecule has 1 atom stereocenters. The van der Waals surface area contributed by atoms with Crippen molar-refractivity contribution in [3.63, 3.8) is 0 Å². The van der Waals surface area contributed by atoms with Gasteiger partial charge in [0.25, 0.3) is 5.91 Å². The summed E-state index contributed by atoms with van der Waals surface area (Å²) < 4.78 is 0. The molecule has 1 unspecified atom stereocenters. The second kappa shape index (κ2) is 24.3. The van der Waals surface area contributed by atoms with Crippen LogP contribution in [-0.4, -0.2) is 82.3 Å². The van der Waals surface area contributed by atoms with Gasteiger partial charge in [-0.3, -0.25) is 29.0 Å². The van der Waals surface area contributed by atoms with E-state index in [0.717, 1.165) is 76.1 Å². The molecule has 17 heteroatoms. The zero-order chi connectivity index (χ0) is 51.5. The number of aromatic nitrogens is 6. The number of amides is 3. The molecular weight excluding hydrogens is 961 g/mol. The number of nitrogens with zero attached hydrogens (tertiary/aromatic N) is 8. The Labute approximate surface area is 441 Å². The molecular formula is C58H62N12O4S. The van der Waals surface area contributed by atoms with Crippen molar-refractivity contribution in [2.24, 2.45) is 5.73 Å². The number of rotatable bonds is 11. The van der Waals surface area contributed by atoms with E-state index in [-0.39, 0.29) is 24.1 Å². The Morgan fingerprint density at radius 3 is 1.67 bits per heavy atom. The molecule has 7 aromatic rings. The van der Waals surface area contributed by atoms with Crippen molar-refractivity contribution in [3.8, 4) is 34.2 Å². The molecule has 0 saturated carbocycles. The number of nitrogens with two attached hydrogens (primary N) is 1. The average molecular weight is 1020 g/mol. The van der Waals surface area contributed by atoms with Gasteiger partial charge < -0.3 is 21.7 Å². The molecule has 3 amide bonds. The number of carbonyl (C=O) groups excluding carboxylic acids is 4. The molecule has 0 radical (unpaired) electrons. The van der Waals surface area contributed by atoms with Crippen LogP contribution in [-0.2, 0) is 61.8 Å². The monoisotopic (exact) mass is 1020 g/mol. The molecule has 4 aliphatic rings. The number of fused-ring (bicyclic) bond motifs is 2. The van der Waals surface area contributed by atoms with E-state index in [1.54, 1.807) is 29.5 Å². The summed E-state index contributed by atoms with van der Waals surface area (Å²) in [4.78, 5) is 92.9. The fourth-order valence-electron chi connectivity index (χ4n) is 9.92. The van der Waals surface area contributed by atoms with E-state index < -0.39 is 11.9 Å². The zero-order valence-electron chi connectivity index (χ0n) is 42.1. The maximum absolute atomic E-state index is 14.8. The van der Waals surface area contributed by atoms with Gasteiger partial charge in [0, 0.05) is 86.1 Å². The van der Waals surface area contributed by atoms with Gasteiger partial charge in [-0.1, -0.05) is 43.5 Å². The van der Waals surface area contributed by atoms with Crippen LogP contribution in [0.15, 0.2) is 109 Å². The number of carbonyl (C=O) groups is 4. The molecule has 16 bridgehead atoms. The molecule has 0 aliphatic carbocycles. The lowest BCUT2D eigenvalue weighted by molar-refractivity contribution is -0.123. The predicted octanol–water partition coefficient (Wildman–Crippen LogP) is 7.89. The minimum absolute atomic E-state index is 0.0104. The van der Waals surface area contributed by atoms with E-state index in [9.17, 15) is 19.2 Å². The maximum Gasteiger partial charge on any atom is 0.252 e. The molecule has 11 rings (SSSR count). The molecule has 4 aliphatic heterocycles. The Kier molecular flexibility index (Phi) is 16.5. The normalized spacial score (nSPS) is 17.6. The number of pyridine rings is 6. The average Bonchev–Trinajstić information content (AvgIpc) is 3.88. The van der Waals surface area contributed by atoms with Crippen molar-refractivity contribution in [2.45, 2.75) is 116 Å². The lowest BCUT2D eigenvalue weighted by Crippen LogP contribution is -2.46. The summed E-state index contributed by atoms with van der Waals surface area (Å²) in [6.45, 7) is 3.58. The number of nitrogens with one attached hydrogen (secondary N) is 3. The van der Waals surface area contributed by atoms with Gasteiger partial charge in [-0.25, -0.2) is 29.9 Å². The maximum atomic E-state index is 14.8. The SMILES string of the molecule is NCCNC(=O)CCCCCc1ccc(CNC(=O)C2CCCCCC(=O)c3cc4nc(c3)-c3cc(cc(n3)CN3Cc5cccc(n5)-c5cccc(n5)CN(Cc5cccc(n5)-c5cccc(n5)C3)C4)C(=O)N2)s1. The summed E-state index contributed by atoms with van der Waals surface area (Å²) in [6.07, 6.45) is 6.75. The predicted molar refractivity (Wildman–Crippen MR) is 287 cm³/mol. The number of thiophene rings is 1. The highest BCUT2D eigenvalue weighted by atomic mass is 32.1. The molecule has 16 nitrogen and oxygen atoms in total. The van der Waals surface area contributed by atoms with E-state index in [1.165, 1.54) is 4.88 Å². The van der Waals surface area contributed by atoms with Crippen molar-refractivity contribution in [1.82, 2.24) is 55.7 Å². The summed E-state index contributed by atoms with van der Waals surface area (Å²) in [7, 11) is 0. The van der Waals surface area contributed by atoms with Gasteiger partial charge in [0.15, 0.2) is 5.78 Å². The van der Waals surface area contributed by atoms with E-state index >= 15 is 0 Å². The lowest BCUT2D eigenvalue weighted by Gasteiger charge is -2.24. The van der Waals surface area contributed by atoms with E-state index in [0.29, 0.717) is 125 Å². The van der Waals surface area contributed by atoms with Gasteiger partial charge in [0.05, 0.1) is 74.9 Å². The largest absolute Gasteiger partial charge is 0.355 e. The Balaban J connectivity index is 0.986. The highest BCUT2D eigenvalue weighted by Gasteiger charge is 2.25. The van der Waals surface area contributed by atoms with Crippen molar-refractivity contribution in [2.75, 3.05) is 13.1 Å². The molecule has 0 fully saturated rings. The smallest absolute Gasteiger partial charge is 0.252 e. The van der Waals surface area contributed by atoms with Crippen molar-refractivity contribution < 1.29 is 19.2 Å². The molecule has 0 spiro atoms. The molecule has 384 valence electrons. The first-order valence-corrected chi connectivity index (χ1v) is 27.0. The summed E-state index contributed by atoms with van der Waals surface area (Å²) in [6, 6.07) is 34.5. The number of unbranched alkanes of at least 4 members (excludes halogenated alkanes) is 2. The summed E-state index contributed by atoms with van der Waals surface area (Å²) in [5, 5.41) is 9.05. The van der Waals surface area contributed by atoms with Crippen LogP contribution in [0.1, 0.15) is 122 Å². The Morgan fingerprint density at radius 2 is 1.09 bits per heavy atom. The first kappa shape index (κ1) is 51.1. The number of Topliss-reactive ketones (excluding diaryl/α,β-unsaturated/α-hetero) is 1. The number of aryl methyl sites for hydroxylation is 1. The Morgan fingerprint density at radius 1 is 0.573 bits per heavy atom. The van der Waals surface area contributed by atoms with Crippen molar-refractivity contribution >= 4 is 34.8 Å². The zero-order valence-corrected chi connectivity index (χ0v) is 42.9. The standard InChI is InChI=1S/C58H62N12O4S/c59-25-26-60-56(72)22-6-1-3-15-46-23-24-47(75-46)31-61-58(74)52-16-4-2-5-21-55(71)38-27-44-36-69-32-40-11-7-17-48(62-40)50-19-9-13-42(64-50)34-70(35-43-14-10-20-51(65-43)49-18-8-12-41(33-69)63-49)37-45-28-39(57(73)68-52)30-54(67-45)53(29-38)66-44/h7-14,17-20,23-24,27-30,52H,1-6,15-16,21-22,25-26,31-37,59H2,(H,60,72)(H,61,74)(H,68,73). The third kappa shape index (κ3) is 13.7. The molecule has 7 aromatic heterocycles. The van der Waals surface area contributed by atoms with Crippen molar-refractivity contribution in [3.05, 3.63) is 164 Å². The molecule has 0 saturated heterocycles. The molecule has 5 N–H and O–H groups in total. The topological polar surface area (TPSA) is 214 Å². The van der Waals surface area contributed by atoms with Gasteiger partial charge in [0.1, 0.15) is 6.04 Å². The number of hydrogen-bond acceptors (Lipinski definition) is 14. The summed E-state index contributed by atoms with van der Waals surface area (Å²) in [5.74, 6) is -0.662. The third-order valence-electron chi connectivity index (χ3n) is 13.6. The van der Waals surface area contributed by atoms with E-state index in [1.807, 2.05) is 84.9 Å². The summed E-state index contributed by atoms with van der Waals surface area (Å²) >= 11 is 1.66. The van der Waals surface area contributed by atoms with Crippen LogP contribution in [0, 0.1) is 0 Å². The quantitative estimate of drug-likeness (QED) is 0.0909. The van der Waals surface area contributed by atoms with E-state index in [4.69, 9.17) is 35.6 Å². The molecule has 0 aromatic carbocycles. The minimum Gasteiger partial charge on any atom is -0.355 e. The number of hydrogen-bond donors (Lipinski definition) is 4. The highest BCUT2D eigenvalue weighted by Crippen LogP contribution is 2.28. The van der Waals surface area contributed by atoms with Crippen LogP contribution in [0.25, 0.3) is 34.2 Å². The lowest BCUT2D eigenvalue weighted by atomic mass is 10.0. The first-order valence-electron chi connectivity index (χ1n) is 26.1. The number of ketones is 1. The van der Waals surface area contributed by atoms with Crippen LogP contribution in [0.3, 0.4) is 0 Å². The van der Waals surface area contributed by atoms with Gasteiger partial charge >= 0.3 is 0 Å². The second-order valence-electron chi connectivity index (χ2n) is 19.6. The first-order chi connectivity index (χ1) is 36.7. The Hall–Kier alpha value is -7.44. The molecule has 75 heavy (non-hydrogen) atoms. The van der Waals surface area contributed by atoms with Gasteiger partial charge in [-0.05, 0) is 117 Å². The highest BCUT2D eigenvalue weighted by molar-refractivity contribution is 7.12. The minimum atomic E-state index is -0.829. The Bertz CT molecular complexity index is 3100. The van der Waals surface area contributed by atoms with Gasteiger partial charge in [-0.15, -0.1) is 11.3 Å². The van der Waals surface area contributed by atoms with Crippen LogP contribution in [0.4, 0.5) is 0 Å². The second-order valence-corrected chi connectivity index (χ2v) is 20.9. The van der Waals surface area contributed by atoms with E-state index in [2.05, 4.69) is 31.8 Å². The third-order valence-corrected chi connectivity index (χ3v) is 14.8. The van der Waals surface area contributed by atoms with Crippen molar-refractivity contribution in [1.29, 1.82) is 0 Å². The van der Waals surface area contributed by atoms with Crippen LogP contribution in [0.5, 0.6) is 0 Å². The fraction of sp³-hybridized carbons (Fsp3) is 0.345. The van der Waals surface area contributed by atoms with Crippen LogP contribution in [0.2, 0.25) is 0 Å².